The summed E-state index contributed by atoms with van der Waals surface area (Å²) in [4.78, 5) is 3.09. The summed E-state index contributed by atoms with van der Waals surface area (Å²) in [5.74, 6) is 0. The molecule has 0 saturated heterocycles. The molecule has 0 bridgehead atoms. The average molecular weight is 267 g/mol. The molecule has 1 unspecified atom stereocenters. The van der Waals surface area contributed by atoms with Crippen LogP contribution >= 0.6 is 11.3 Å². The van der Waals surface area contributed by atoms with Crippen LogP contribution in [-0.2, 0) is 17.6 Å². The highest BCUT2D eigenvalue weighted by molar-refractivity contribution is 7.12. The lowest BCUT2D eigenvalue weighted by molar-refractivity contribution is 0.113. The Bertz CT molecular complexity index is 340. The van der Waals surface area contributed by atoms with E-state index in [0.29, 0.717) is 6.04 Å². The zero-order chi connectivity index (χ0) is 12.8. The standard InChI is InChI=1S/C15H25NOS/c1-3-8-16-13(11-17-9-4-2)15-10-12-6-5-7-14(12)18-15/h10,13,16H,3-9,11H2,1-2H3. The zero-order valence-corrected chi connectivity index (χ0v) is 12.4. The van der Waals surface area contributed by atoms with E-state index in [9.17, 15) is 0 Å². The Morgan fingerprint density at radius 2 is 2.22 bits per heavy atom. The molecule has 1 N–H and O–H groups in total. The van der Waals surface area contributed by atoms with E-state index in [2.05, 4.69) is 25.2 Å². The monoisotopic (exact) mass is 267 g/mol. The summed E-state index contributed by atoms with van der Waals surface area (Å²) >= 11 is 2.00. The normalized spacial score (nSPS) is 15.9. The van der Waals surface area contributed by atoms with Crippen molar-refractivity contribution in [2.45, 2.75) is 52.0 Å². The molecule has 1 aliphatic carbocycles. The van der Waals surface area contributed by atoms with Crippen LogP contribution in [0, 0.1) is 0 Å². The van der Waals surface area contributed by atoms with Gasteiger partial charge < -0.3 is 10.1 Å². The van der Waals surface area contributed by atoms with E-state index in [-0.39, 0.29) is 0 Å². The minimum atomic E-state index is 0.395. The maximum absolute atomic E-state index is 5.74. The van der Waals surface area contributed by atoms with Gasteiger partial charge in [-0.05, 0) is 50.3 Å². The van der Waals surface area contributed by atoms with E-state index in [0.717, 1.165) is 26.2 Å². The number of hydrogen-bond acceptors (Lipinski definition) is 3. The van der Waals surface area contributed by atoms with Crippen LogP contribution in [0.25, 0.3) is 0 Å². The number of ether oxygens (including phenoxy) is 1. The van der Waals surface area contributed by atoms with Crippen molar-refractivity contribution in [1.82, 2.24) is 5.32 Å². The van der Waals surface area contributed by atoms with Gasteiger partial charge in [0.25, 0.3) is 0 Å². The predicted molar refractivity (Wildman–Crippen MR) is 78.5 cm³/mol. The Balaban J connectivity index is 1.97. The van der Waals surface area contributed by atoms with Crippen LogP contribution in [0.2, 0.25) is 0 Å². The zero-order valence-electron chi connectivity index (χ0n) is 11.6. The molecule has 0 radical (unpaired) electrons. The number of aryl methyl sites for hydroxylation is 2. The first-order valence-electron chi connectivity index (χ1n) is 7.27. The maximum Gasteiger partial charge on any atom is 0.0669 e. The second kappa shape index (κ2) is 7.27. The molecule has 0 saturated carbocycles. The minimum absolute atomic E-state index is 0.395. The molecule has 102 valence electrons. The third-order valence-corrected chi connectivity index (χ3v) is 4.73. The van der Waals surface area contributed by atoms with Gasteiger partial charge in [0.05, 0.1) is 12.6 Å². The number of hydrogen-bond donors (Lipinski definition) is 1. The Kier molecular flexibility index (Phi) is 5.67. The largest absolute Gasteiger partial charge is 0.379 e. The van der Waals surface area contributed by atoms with Gasteiger partial charge in [0, 0.05) is 16.4 Å². The summed E-state index contributed by atoms with van der Waals surface area (Å²) < 4.78 is 5.74. The van der Waals surface area contributed by atoms with E-state index in [1.165, 1.54) is 30.6 Å². The molecule has 1 atom stereocenters. The van der Waals surface area contributed by atoms with Gasteiger partial charge in [-0.1, -0.05) is 13.8 Å². The quantitative estimate of drug-likeness (QED) is 0.725. The minimum Gasteiger partial charge on any atom is -0.379 e. The molecule has 3 heteroatoms. The van der Waals surface area contributed by atoms with Gasteiger partial charge in [-0.15, -0.1) is 11.3 Å². The fourth-order valence-corrected chi connectivity index (χ4v) is 3.75. The summed E-state index contributed by atoms with van der Waals surface area (Å²) in [6.45, 7) is 7.13. The molecule has 0 fully saturated rings. The van der Waals surface area contributed by atoms with Gasteiger partial charge in [-0.2, -0.15) is 0 Å². The molecule has 18 heavy (non-hydrogen) atoms. The third-order valence-electron chi connectivity index (χ3n) is 3.38. The lowest BCUT2D eigenvalue weighted by atomic mass is 10.2. The van der Waals surface area contributed by atoms with Crippen molar-refractivity contribution in [3.63, 3.8) is 0 Å². The molecule has 1 heterocycles. The first-order valence-corrected chi connectivity index (χ1v) is 8.09. The number of rotatable bonds is 8. The predicted octanol–water partition coefficient (Wildman–Crippen LogP) is 3.70. The van der Waals surface area contributed by atoms with E-state index >= 15 is 0 Å². The third kappa shape index (κ3) is 3.56. The molecule has 0 aromatic carbocycles. The van der Waals surface area contributed by atoms with Crippen molar-refractivity contribution < 1.29 is 4.74 Å². The van der Waals surface area contributed by atoms with Gasteiger partial charge in [0.15, 0.2) is 0 Å². The fraction of sp³-hybridized carbons (Fsp3) is 0.733. The molecule has 0 amide bonds. The van der Waals surface area contributed by atoms with Crippen LogP contribution in [0.4, 0.5) is 0 Å². The van der Waals surface area contributed by atoms with Gasteiger partial charge in [-0.25, -0.2) is 0 Å². The smallest absolute Gasteiger partial charge is 0.0669 e. The SMILES string of the molecule is CCCNC(COCCC)c1cc2c(s1)CCC2. The van der Waals surface area contributed by atoms with Gasteiger partial charge >= 0.3 is 0 Å². The van der Waals surface area contributed by atoms with Crippen LogP contribution in [0.15, 0.2) is 6.07 Å². The highest BCUT2D eigenvalue weighted by atomic mass is 32.1. The van der Waals surface area contributed by atoms with Crippen LogP contribution in [0.5, 0.6) is 0 Å². The second-order valence-electron chi connectivity index (χ2n) is 5.03. The topological polar surface area (TPSA) is 21.3 Å². The van der Waals surface area contributed by atoms with Crippen LogP contribution in [-0.4, -0.2) is 19.8 Å². The fourth-order valence-electron chi connectivity index (χ4n) is 2.43. The molecule has 1 aromatic rings. The summed E-state index contributed by atoms with van der Waals surface area (Å²) in [5, 5.41) is 3.62. The molecule has 2 nitrogen and oxygen atoms in total. The number of nitrogens with one attached hydrogen (secondary N) is 1. The Morgan fingerprint density at radius 3 is 2.94 bits per heavy atom. The summed E-state index contributed by atoms with van der Waals surface area (Å²) in [5.41, 5.74) is 1.59. The van der Waals surface area contributed by atoms with E-state index < -0.39 is 0 Å². The molecular formula is C15H25NOS. The summed E-state index contributed by atoms with van der Waals surface area (Å²) in [6, 6.07) is 2.81. The van der Waals surface area contributed by atoms with Gasteiger partial charge in [0.2, 0.25) is 0 Å². The van der Waals surface area contributed by atoms with Crippen molar-refractivity contribution >= 4 is 11.3 Å². The lowest BCUT2D eigenvalue weighted by Gasteiger charge is -2.17. The summed E-state index contributed by atoms with van der Waals surface area (Å²) in [7, 11) is 0. The van der Waals surface area contributed by atoms with Crippen molar-refractivity contribution in [1.29, 1.82) is 0 Å². The van der Waals surface area contributed by atoms with Crippen LogP contribution in [0.3, 0.4) is 0 Å². The van der Waals surface area contributed by atoms with Crippen LogP contribution in [0.1, 0.15) is 54.5 Å². The first kappa shape index (κ1) is 14.0. The van der Waals surface area contributed by atoms with Crippen LogP contribution < -0.4 is 5.32 Å². The van der Waals surface area contributed by atoms with Crippen molar-refractivity contribution in [3.8, 4) is 0 Å². The van der Waals surface area contributed by atoms with Crippen molar-refractivity contribution in [3.05, 3.63) is 21.4 Å². The van der Waals surface area contributed by atoms with Gasteiger partial charge in [0.1, 0.15) is 0 Å². The summed E-state index contributed by atoms with van der Waals surface area (Å²) in [6.07, 6.45) is 6.19. The Labute approximate surface area is 115 Å². The maximum atomic E-state index is 5.74. The molecule has 1 aromatic heterocycles. The Morgan fingerprint density at radius 1 is 1.33 bits per heavy atom. The first-order chi connectivity index (χ1) is 8.85. The van der Waals surface area contributed by atoms with E-state index in [1.807, 2.05) is 11.3 Å². The lowest BCUT2D eigenvalue weighted by Crippen LogP contribution is -2.25. The Hall–Kier alpha value is -0.380. The van der Waals surface area contributed by atoms with E-state index in [4.69, 9.17) is 4.74 Å². The molecule has 0 spiro atoms. The second-order valence-corrected chi connectivity index (χ2v) is 6.20. The molecule has 1 aliphatic rings. The van der Waals surface area contributed by atoms with Crippen molar-refractivity contribution in [2.75, 3.05) is 19.8 Å². The number of thiophene rings is 1. The molecule has 2 rings (SSSR count). The van der Waals surface area contributed by atoms with Crippen molar-refractivity contribution in [2.24, 2.45) is 0 Å². The molecular weight excluding hydrogens is 242 g/mol. The van der Waals surface area contributed by atoms with Gasteiger partial charge in [-0.3, -0.25) is 0 Å². The van der Waals surface area contributed by atoms with E-state index in [1.54, 1.807) is 10.4 Å². The highest BCUT2D eigenvalue weighted by Gasteiger charge is 2.19. The highest BCUT2D eigenvalue weighted by Crippen LogP contribution is 2.33. The average Bonchev–Trinajstić information content (AvgIpc) is 2.94. The molecule has 0 aliphatic heterocycles. The number of fused-ring (bicyclic) bond motifs is 1.